The van der Waals surface area contributed by atoms with Crippen molar-refractivity contribution >= 4 is 5.91 Å². The van der Waals surface area contributed by atoms with Crippen molar-refractivity contribution in [1.29, 1.82) is 0 Å². The summed E-state index contributed by atoms with van der Waals surface area (Å²) in [4.78, 5) is 11.9. The van der Waals surface area contributed by atoms with Crippen LogP contribution in [0.5, 0.6) is 0 Å². The minimum absolute atomic E-state index is 0.0912. The minimum Gasteiger partial charge on any atom is -0.348 e. The molecule has 0 aliphatic heterocycles. The Labute approximate surface area is 147 Å². The van der Waals surface area contributed by atoms with Gasteiger partial charge in [0, 0.05) is 29.9 Å². The van der Waals surface area contributed by atoms with Gasteiger partial charge in [0.1, 0.15) is 0 Å². The number of nitrogens with one attached hydrogen (secondary N) is 1. The van der Waals surface area contributed by atoms with E-state index >= 15 is 0 Å². The molecule has 2 aromatic carbocycles. The molecule has 0 saturated heterocycles. The summed E-state index contributed by atoms with van der Waals surface area (Å²) in [6.07, 6.45) is 3.57. The number of benzene rings is 2. The number of para-hydroxylation sites is 1. The molecule has 0 aliphatic carbocycles. The van der Waals surface area contributed by atoms with Crippen molar-refractivity contribution in [3.05, 3.63) is 84.1 Å². The molecular formula is C21H21N3O. The summed E-state index contributed by atoms with van der Waals surface area (Å²) in [5.74, 6) is -0.0912. The molecule has 0 saturated carbocycles. The van der Waals surface area contributed by atoms with Gasteiger partial charge in [0.15, 0.2) is 0 Å². The Kier molecular flexibility index (Phi) is 5.09. The molecule has 3 aromatic rings. The van der Waals surface area contributed by atoms with Crippen molar-refractivity contribution in [2.24, 2.45) is 0 Å². The van der Waals surface area contributed by atoms with Crippen LogP contribution in [0, 0.1) is 0 Å². The molecule has 1 amide bonds. The van der Waals surface area contributed by atoms with Gasteiger partial charge in [-0.1, -0.05) is 54.1 Å². The maximum atomic E-state index is 11.9. The van der Waals surface area contributed by atoms with Crippen LogP contribution < -0.4 is 5.32 Å². The summed E-state index contributed by atoms with van der Waals surface area (Å²) < 4.78 is 1.85. The number of amides is 1. The topological polar surface area (TPSA) is 46.9 Å². The summed E-state index contributed by atoms with van der Waals surface area (Å²) in [6.45, 7) is 4.24. The number of aromatic nitrogens is 2. The first-order valence-electron chi connectivity index (χ1n) is 8.25. The molecule has 4 nitrogen and oxygen atoms in total. The van der Waals surface area contributed by atoms with E-state index in [0.29, 0.717) is 6.54 Å². The van der Waals surface area contributed by atoms with E-state index in [2.05, 4.69) is 5.32 Å². The molecule has 126 valence electrons. The Balaban J connectivity index is 1.93. The van der Waals surface area contributed by atoms with Gasteiger partial charge in [0.2, 0.25) is 5.91 Å². The largest absolute Gasteiger partial charge is 0.348 e. The zero-order valence-electron chi connectivity index (χ0n) is 14.4. The Morgan fingerprint density at radius 2 is 1.68 bits per heavy atom. The third-order valence-electron chi connectivity index (χ3n) is 3.73. The van der Waals surface area contributed by atoms with Crippen LogP contribution >= 0.6 is 0 Å². The lowest BCUT2D eigenvalue weighted by atomic mass is 10.1. The summed E-state index contributed by atoms with van der Waals surface area (Å²) in [5, 5.41) is 7.68. The molecular weight excluding hydrogens is 310 g/mol. The maximum Gasteiger partial charge on any atom is 0.244 e. The standard InChI is InChI=1S/C21H21N3O/c1-16(2)13-20(25)22-14-18-15-24(19-11-7-4-8-12-19)23-21(18)17-9-5-3-6-10-17/h3-13,15H,14H2,1-2H3,(H,22,25). The fourth-order valence-corrected chi connectivity index (χ4v) is 2.59. The zero-order valence-corrected chi connectivity index (χ0v) is 14.4. The van der Waals surface area contributed by atoms with Crippen LogP contribution in [-0.4, -0.2) is 15.7 Å². The van der Waals surface area contributed by atoms with Crippen LogP contribution in [0.3, 0.4) is 0 Å². The van der Waals surface area contributed by atoms with Crippen LogP contribution in [0.1, 0.15) is 19.4 Å². The highest BCUT2D eigenvalue weighted by atomic mass is 16.1. The van der Waals surface area contributed by atoms with E-state index in [-0.39, 0.29) is 5.91 Å². The molecule has 1 heterocycles. The van der Waals surface area contributed by atoms with Crippen LogP contribution in [0.4, 0.5) is 0 Å². The van der Waals surface area contributed by atoms with E-state index in [9.17, 15) is 4.79 Å². The predicted octanol–water partition coefficient (Wildman–Crippen LogP) is 4.12. The number of allylic oxidation sites excluding steroid dienone is 1. The van der Waals surface area contributed by atoms with Crippen LogP contribution in [0.2, 0.25) is 0 Å². The molecule has 3 rings (SSSR count). The Hall–Kier alpha value is -3.14. The molecule has 0 radical (unpaired) electrons. The second-order valence-electron chi connectivity index (χ2n) is 6.09. The molecule has 4 heteroatoms. The molecule has 0 spiro atoms. The smallest absolute Gasteiger partial charge is 0.244 e. The summed E-state index contributed by atoms with van der Waals surface area (Å²) >= 11 is 0. The highest BCUT2D eigenvalue weighted by molar-refractivity contribution is 5.88. The van der Waals surface area contributed by atoms with Gasteiger partial charge in [-0.25, -0.2) is 4.68 Å². The van der Waals surface area contributed by atoms with Crippen molar-refractivity contribution in [3.63, 3.8) is 0 Å². The highest BCUT2D eigenvalue weighted by Crippen LogP contribution is 2.23. The fourth-order valence-electron chi connectivity index (χ4n) is 2.59. The van der Waals surface area contributed by atoms with E-state index < -0.39 is 0 Å². The van der Waals surface area contributed by atoms with Crippen molar-refractivity contribution in [3.8, 4) is 16.9 Å². The Morgan fingerprint density at radius 1 is 1.04 bits per heavy atom. The van der Waals surface area contributed by atoms with E-state index in [4.69, 9.17) is 5.10 Å². The SMILES string of the molecule is CC(C)=CC(=O)NCc1cn(-c2ccccc2)nc1-c1ccccc1. The summed E-state index contributed by atoms with van der Waals surface area (Å²) in [7, 11) is 0. The van der Waals surface area contributed by atoms with Crippen molar-refractivity contribution < 1.29 is 4.79 Å². The molecule has 1 aromatic heterocycles. The van der Waals surface area contributed by atoms with E-state index in [1.165, 1.54) is 0 Å². The lowest BCUT2D eigenvalue weighted by Crippen LogP contribution is -2.20. The fraction of sp³-hybridized carbons (Fsp3) is 0.143. The average molecular weight is 331 g/mol. The number of nitrogens with zero attached hydrogens (tertiary/aromatic N) is 2. The first-order valence-corrected chi connectivity index (χ1v) is 8.25. The molecule has 0 atom stereocenters. The Morgan fingerprint density at radius 3 is 2.32 bits per heavy atom. The lowest BCUT2D eigenvalue weighted by molar-refractivity contribution is -0.116. The van der Waals surface area contributed by atoms with Gasteiger partial charge in [-0.3, -0.25) is 4.79 Å². The second-order valence-corrected chi connectivity index (χ2v) is 6.09. The second kappa shape index (κ2) is 7.62. The molecule has 0 fully saturated rings. The van der Waals surface area contributed by atoms with Gasteiger partial charge in [0.05, 0.1) is 11.4 Å². The summed E-state index contributed by atoms with van der Waals surface area (Å²) in [6, 6.07) is 20.0. The third kappa shape index (κ3) is 4.23. The molecule has 0 aliphatic rings. The number of carbonyl (C=O) groups excluding carboxylic acids is 1. The normalized spacial score (nSPS) is 10.3. The molecule has 1 N–H and O–H groups in total. The Bertz CT molecular complexity index is 876. The van der Waals surface area contributed by atoms with Gasteiger partial charge in [0.25, 0.3) is 0 Å². The van der Waals surface area contributed by atoms with Gasteiger partial charge in [-0.05, 0) is 26.0 Å². The number of hydrogen-bond donors (Lipinski definition) is 1. The molecule has 25 heavy (non-hydrogen) atoms. The van der Waals surface area contributed by atoms with Crippen LogP contribution in [0.15, 0.2) is 78.5 Å². The minimum atomic E-state index is -0.0912. The highest BCUT2D eigenvalue weighted by Gasteiger charge is 2.12. The first kappa shape index (κ1) is 16.7. The average Bonchev–Trinajstić information content (AvgIpc) is 3.05. The monoisotopic (exact) mass is 331 g/mol. The predicted molar refractivity (Wildman–Crippen MR) is 100 cm³/mol. The van der Waals surface area contributed by atoms with E-state index in [0.717, 1.165) is 28.1 Å². The van der Waals surface area contributed by atoms with Crippen LogP contribution in [0.25, 0.3) is 16.9 Å². The molecule has 0 unspecified atom stereocenters. The van der Waals surface area contributed by atoms with Crippen molar-refractivity contribution in [2.75, 3.05) is 0 Å². The number of hydrogen-bond acceptors (Lipinski definition) is 2. The lowest BCUT2D eigenvalue weighted by Gasteiger charge is -2.03. The van der Waals surface area contributed by atoms with Crippen molar-refractivity contribution in [2.45, 2.75) is 20.4 Å². The third-order valence-corrected chi connectivity index (χ3v) is 3.73. The quantitative estimate of drug-likeness (QED) is 0.715. The van der Waals surface area contributed by atoms with Gasteiger partial charge >= 0.3 is 0 Å². The molecule has 0 bridgehead atoms. The number of rotatable bonds is 5. The van der Waals surface area contributed by atoms with E-state index in [1.54, 1.807) is 6.08 Å². The van der Waals surface area contributed by atoms with Gasteiger partial charge in [-0.15, -0.1) is 0 Å². The maximum absolute atomic E-state index is 11.9. The van der Waals surface area contributed by atoms with Crippen molar-refractivity contribution in [1.82, 2.24) is 15.1 Å². The van der Waals surface area contributed by atoms with Gasteiger partial charge in [-0.2, -0.15) is 5.10 Å². The zero-order chi connectivity index (χ0) is 17.6. The number of carbonyl (C=O) groups is 1. The first-order chi connectivity index (χ1) is 12.1. The van der Waals surface area contributed by atoms with Crippen LogP contribution in [-0.2, 0) is 11.3 Å². The summed E-state index contributed by atoms with van der Waals surface area (Å²) in [5.41, 5.74) is 4.85. The van der Waals surface area contributed by atoms with E-state index in [1.807, 2.05) is 85.4 Å². The van der Waals surface area contributed by atoms with Gasteiger partial charge < -0.3 is 5.32 Å².